The summed E-state index contributed by atoms with van der Waals surface area (Å²) in [7, 11) is 0. The van der Waals surface area contributed by atoms with Gasteiger partial charge in [0, 0.05) is 18.0 Å². The molecule has 0 spiro atoms. The third-order valence-corrected chi connectivity index (χ3v) is 7.89. The Morgan fingerprint density at radius 2 is 1.56 bits per heavy atom. The average Bonchev–Trinajstić information content (AvgIpc) is 2.99. The highest BCUT2D eigenvalue weighted by Crippen LogP contribution is 2.30. The van der Waals surface area contributed by atoms with E-state index in [0.717, 1.165) is 58.0 Å². The van der Waals surface area contributed by atoms with E-state index in [-0.39, 0.29) is 24.7 Å². The molecule has 1 aromatic heterocycles. The summed E-state index contributed by atoms with van der Waals surface area (Å²) in [6.45, 7) is 7.63. The maximum Gasteiger partial charge on any atom is 0.303 e. The Kier molecular flexibility index (Phi) is 16.6. The number of fused-ring (bicyclic) bond motifs is 1. The van der Waals surface area contributed by atoms with Crippen LogP contribution in [0.5, 0.6) is 5.75 Å². The minimum Gasteiger partial charge on any atom is -0.488 e. The molecule has 1 aliphatic carbocycles. The smallest absolute Gasteiger partial charge is 0.303 e. The summed E-state index contributed by atoms with van der Waals surface area (Å²) >= 11 is 0. The Morgan fingerprint density at radius 1 is 0.860 bits per heavy atom. The number of halogens is 1. The van der Waals surface area contributed by atoms with E-state index in [1.807, 2.05) is 0 Å². The van der Waals surface area contributed by atoms with Crippen molar-refractivity contribution in [3.05, 3.63) is 58.7 Å². The van der Waals surface area contributed by atoms with Crippen molar-refractivity contribution >= 4 is 5.97 Å². The number of aliphatic carboxylic acids is 1. The Bertz CT molecular complexity index is 1080. The van der Waals surface area contributed by atoms with Crippen LogP contribution in [0.2, 0.25) is 0 Å². The fraction of sp³-hybridized carbons (Fsp3) is 0.657. The molecule has 3 rings (SSSR count). The molecular formula is C35H52FNO6. The number of hydrogen-bond acceptors (Lipinski definition) is 6. The van der Waals surface area contributed by atoms with Crippen molar-refractivity contribution in [3.63, 3.8) is 0 Å². The predicted molar refractivity (Wildman–Crippen MR) is 166 cm³/mol. The number of ether oxygens (including phenoxy) is 4. The quantitative estimate of drug-likeness (QED) is 0.134. The molecule has 0 aliphatic heterocycles. The molecule has 0 radical (unpaired) electrons. The second kappa shape index (κ2) is 20.4. The second-order valence-corrected chi connectivity index (χ2v) is 11.9. The minimum absolute atomic E-state index is 0.0152. The maximum atomic E-state index is 14.8. The third kappa shape index (κ3) is 14.2. The van der Waals surface area contributed by atoms with Gasteiger partial charge in [0.05, 0.1) is 39.5 Å². The lowest BCUT2D eigenvalue weighted by Gasteiger charge is -2.17. The van der Waals surface area contributed by atoms with Gasteiger partial charge in [-0.3, -0.25) is 9.78 Å². The van der Waals surface area contributed by atoms with Crippen LogP contribution in [0, 0.1) is 11.7 Å². The van der Waals surface area contributed by atoms with Crippen LogP contribution in [0.1, 0.15) is 100 Å². The number of carbonyl (C=O) groups is 1. The van der Waals surface area contributed by atoms with Crippen LogP contribution in [0.15, 0.2) is 30.3 Å². The molecule has 1 heterocycles. The van der Waals surface area contributed by atoms with Crippen LogP contribution < -0.4 is 4.74 Å². The van der Waals surface area contributed by atoms with Gasteiger partial charge in [-0.15, -0.1) is 0 Å². The molecule has 1 aromatic carbocycles. The molecule has 43 heavy (non-hydrogen) atoms. The fourth-order valence-corrected chi connectivity index (χ4v) is 5.37. The first-order valence-corrected chi connectivity index (χ1v) is 16.3. The number of rotatable bonds is 23. The molecule has 1 aliphatic rings. The Hall–Kier alpha value is -2.55. The summed E-state index contributed by atoms with van der Waals surface area (Å²) in [6, 6.07) is 9.22. The van der Waals surface area contributed by atoms with Gasteiger partial charge in [-0.1, -0.05) is 45.2 Å². The van der Waals surface area contributed by atoms with Crippen LogP contribution in [0.4, 0.5) is 4.39 Å². The molecule has 1 N–H and O–H groups in total. The average molecular weight is 602 g/mol. The van der Waals surface area contributed by atoms with Crippen LogP contribution in [0.3, 0.4) is 0 Å². The number of carboxylic acids is 1. The van der Waals surface area contributed by atoms with Gasteiger partial charge in [-0.05, 0) is 92.5 Å². The lowest BCUT2D eigenvalue weighted by atomic mass is 9.90. The van der Waals surface area contributed by atoms with E-state index in [0.29, 0.717) is 50.9 Å². The molecule has 0 saturated heterocycles. The van der Waals surface area contributed by atoms with Crippen LogP contribution in [-0.2, 0) is 38.3 Å². The van der Waals surface area contributed by atoms with Crippen molar-refractivity contribution in [3.8, 4) is 5.75 Å². The Labute approximate surface area is 257 Å². The van der Waals surface area contributed by atoms with E-state index in [1.165, 1.54) is 35.9 Å². The van der Waals surface area contributed by atoms with Crippen molar-refractivity contribution in [2.75, 3.05) is 46.2 Å². The molecule has 8 heteroatoms. The van der Waals surface area contributed by atoms with Gasteiger partial charge in [0.25, 0.3) is 0 Å². The lowest BCUT2D eigenvalue weighted by molar-refractivity contribution is -0.137. The van der Waals surface area contributed by atoms with Gasteiger partial charge in [-0.25, -0.2) is 4.39 Å². The normalized spacial score (nSPS) is 13.7. The fourth-order valence-electron chi connectivity index (χ4n) is 5.37. The first kappa shape index (κ1) is 34.9. The monoisotopic (exact) mass is 601 g/mol. The molecule has 2 aromatic rings. The highest BCUT2D eigenvalue weighted by atomic mass is 19.1. The van der Waals surface area contributed by atoms with Crippen molar-refractivity contribution in [2.24, 2.45) is 5.92 Å². The molecule has 1 atom stereocenters. The zero-order valence-electron chi connectivity index (χ0n) is 26.3. The Morgan fingerprint density at radius 3 is 2.28 bits per heavy atom. The maximum absolute atomic E-state index is 14.8. The summed E-state index contributed by atoms with van der Waals surface area (Å²) in [4.78, 5) is 16.4. The van der Waals surface area contributed by atoms with E-state index in [4.69, 9.17) is 23.9 Å². The number of carboxylic acid groups (broad SMARTS) is 1. The number of aryl methyl sites for hydroxylation is 3. The summed E-state index contributed by atoms with van der Waals surface area (Å²) < 4.78 is 36.8. The van der Waals surface area contributed by atoms with Crippen molar-refractivity contribution in [1.82, 2.24) is 4.98 Å². The lowest BCUT2D eigenvalue weighted by Crippen LogP contribution is -2.13. The van der Waals surface area contributed by atoms with Crippen molar-refractivity contribution in [2.45, 2.75) is 96.8 Å². The van der Waals surface area contributed by atoms with Crippen LogP contribution in [0.25, 0.3) is 0 Å². The third-order valence-electron chi connectivity index (χ3n) is 7.89. The summed E-state index contributed by atoms with van der Waals surface area (Å²) in [5, 5.41) is 9.45. The van der Waals surface area contributed by atoms with Gasteiger partial charge in [0.2, 0.25) is 0 Å². The van der Waals surface area contributed by atoms with E-state index in [9.17, 15) is 14.3 Å². The highest BCUT2D eigenvalue weighted by Gasteiger charge is 2.18. The molecule has 240 valence electrons. The molecule has 0 saturated carbocycles. The zero-order chi connectivity index (χ0) is 30.7. The molecule has 0 bridgehead atoms. The van der Waals surface area contributed by atoms with Crippen LogP contribution in [-0.4, -0.2) is 62.3 Å². The number of benzene rings is 1. The predicted octanol–water partition coefficient (Wildman–Crippen LogP) is 7.33. The van der Waals surface area contributed by atoms with Gasteiger partial charge < -0.3 is 24.1 Å². The molecule has 0 unspecified atom stereocenters. The van der Waals surface area contributed by atoms with Gasteiger partial charge >= 0.3 is 5.97 Å². The summed E-state index contributed by atoms with van der Waals surface area (Å²) in [6.07, 6.45) is 11.5. The number of unbranched alkanes of at least 4 members (excludes halogenated alkanes) is 3. The van der Waals surface area contributed by atoms with Gasteiger partial charge in [0.15, 0.2) is 11.6 Å². The SMILES string of the molecule is CC(C)CCOCCOCCOCCOc1ccc([C@@H](CCCCCCc2ccc3c(n2)CCCC3)CC(=O)O)cc1F. The standard InChI is InChI=1S/C35H52FNO6/c1-27(2)17-18-40-19-20-41-21-22-42-23-24-43-34-16-14-30(25-32(34)36)29(26-35(38)39)10-5-3-4-6-11-31-15-13-28-9-7-8-12-33(28)37-31/h13-16,25,27,29H,3-12,17-24,26H2,1-2H3,(H,38,39)/t29-/m0/s1. The highest BCUT2D eigenvalue weighted by molar-refractivity contribution is 5.68. The molecule has 0 fully saturated rings. The number of hydrogen-bond donors (Lipinski definition) is 1. The summed E-state index contributed by atoms with van der Waals surface area (Å²) in [5.41, 5.74) is 4.58. The molecule has 7 nitrogen and oxygen atoms in total. The summed E-state index contributed by atoms with van der Waals surface area (Å²) in [5.74, 6) is -0.800. The largest absolute Gasteiger partial charge is 0.488 e. The number of pyridine rings is 1. The Balaban J connectivity index is 1.29. The first-order valence-electron chi connectivity index (χ1n) is 16.3. The van der Waals surface area contributed by atoms with Crippen LogP contribution >= 0.6 is 0 Å². The van der Waals surface area contributed by atoms with Crippen molar-refractivity contribution in [1.29, 1.82) is 0 Å². The zero-order valence-corrected chi connectivity index (χ0v) is 26.3. The van der Waals surface area contributed by atoms with Crippen molar-refractivity contribution < 1.29 is 33.2 Å². The van der Waals surface area contributed by atoms with E-state index >= 15 is 0 Å². The number of aromatic nitrogens is 1. The van der Waals surface area contributed by atoms with Gasteiger partial charge in [-0.2, -0.15) is 0 Å². The van der Waals surface area contributed by atoms with E-state index in [2.05, 4.69) is 26.0 Å². The molecule has 0 amide bonds. The number of nitrogens with zero attached hydrogens (tertiary/aromatic N) is 1. The topological polar surface area (TPSA) is 87.1 Å². The van der Waals surface area contributed by atoms with Gasteiger partial charge in [0.1, 0.15) is 6.61 Å². The van der Waals surface area contributed by atoms with E-state index in [1.54, 1.807) is 12.1 Å². The molecular weight excluding hydrogens is 549 g/mol. The minimum atomic E-state index is -0.871. The first-order chi connectivity index (χ1) is 20.9. The van der Waals surface area contributed by atoms with E-state index < -0.39 is 11.8 Å². The second-order valence-electron chi connectivity index (χ2n) is 11.9.